The fraction of sp³-hybridized carbons (Fsp3) is 0.765. The van der Waals surface area contributed by atoms with Gasteiger partial charge in [-0.2, -0.15) is 18.3 Å². The summed E-state index contributed by atoms with van der Waals surface area (Å²) in [7, 11) is 0. The van der Waals surface area contributed by atoms with Gasteiger partial charge in [0.2, 0.25) is 5.91 Å². The van der Waals surface area contributed by atoms with Gasteiger partial charge in [-0.15, -0.1) is 0 Å². The predicted octanol–water partition coefficient (Wildman–Crippen LogP) is 4.83. The number of rotatable bonds is 4. The molecule has 2 fully saturated rings. The van der Waals surface area contributed by atoms with Crippen molar-refractivity contribution in [2.75, 3.05) is 0 Å². The molecule has 0 aliphatic heterocycles. The van der Waals surface area contributed by atoms with Gasteiger partial charge in [0.25, 0.3) is 0 Å². The third-order valence-electron chi connectivity index (χ3n) is 5.07. The molecule has 25 heavy (non-hydrogen) atoms. The normalized spacial score (nSPS) is 21.0. The fourth-order valence-electron chi connectivity index (χ4n) is 3.48. The fourth-order valence-corrected chi connectivity index (χ4v) is 3.87. The van der Waals surface area contributed by atoms with E-state index in [4.69, 9.17) is 11.6 Å². The van der Waals surface area contributed by atoms with E-state index in [2.05, 4.69) is 10.4 Å². The molecule has 0 spiro atoms. The van der Waals surface area contributed by atoms with Crippen LogP contribution >= 0.6 is 11.6 Å². The Morgan fingerprint density at radius 3 is 2.32 bits per heavy atom. The number of amides is 1. The molecule has 8 heteroatoms. The van der Waals surface area contributed by atoms with Crippen molar-refractivity contribution in [3.05, 3.63) is 16.4 Å². The summed E-state index contributed by atoms with van der Waals surface area (Å²) in [4.78, 5) is 12.6. The maximum absolute atomic E-state index is 13.1. The molecule has 1 amide bonds. The van der Waals surface area contributed by atoms with Crippen molar-refractivity contribution in [2.24, 2.45) is 0 Å². The van der Waals surface area contributed by atoms with E-state index in [0.29, 0.717) is 5.69 Å². The molecule has 0 aromatic carbocycles. The highest BCUT2D eigenvalue weighted by Crippen LogP contribution is 2.47. The van der Waals surface area contributed by atoms with Crippen molar-refractivity contribution in [3.63, 3.8) is 0 Å². The molecule has 1 N–H and O–H groups in total. The zero-order valence-electron chi connectivity index (χ0n) is 14.2. The molecule has 0 saturated heterocycles. The van der Waals surface area contributed by atoms with E-state index >= 15 is 0 Å². The first kappa shape index (κ1) is 18.5. The first-order chi connectivity index (χ1) is 11.8. The molecule has 140 valence electrons. The van der Waals surface area contributed by atoms with E-state index in [-0.39, 0.29) is 22.9 Å². The summed E-state index contributed by atoms with van der Waals surface area (Å²) in [5.41, 5.74) is -0.748. The van der Waals surface area contributed by atoms with Crippen molar-refractivity contribution in [1.29, 1.82) is 0 Å². The topological polar surface area (TPSA) is 46.9 Å². The molecule has 1 unspecified atom stereocenters. The van der Waals surface area contributed by atoms with Crippen molar-refractivity contribution >= 4 is 17.5 Å². The van der Waals surface area contributed by atoms with E-state index in [9.17, 15) is 18.0 Å². The third-order valence-corrected chi connectivity index (χ3v) is 5.44. The lowest BCUT2D eigenvalue weighted by Crippen LogP contribution is -2.39. The molecule has 1 aromatic rings. The molecule has 1 aromatic heterocycles. The first-order valence-electron chi connectivity index (χ1n) is 8.94. The second-order valence-electron chi connectivity index (χ2n) is 7.14. The van der Waals surface area contributed by atoms with Gasteiger partial charge in [0.05, 0.1) is 10.7 Å². The van der Waals surface area contributed by atoms with Crippen LogP contribution in [0.5, 0.6) is 0 Å². The van der Waals surface area contributed by atoms with E-state index < -0.39 is 17.9 Å². The lowest BCUT2D eigenvalue weighted by atomic mass is 10.1. The Balaban J connectivity index is 1.81. The average Bonchev–Trinajstić information content (AvgIpc) is 3.33. The maximum Gasteiger partial charge on any atom is 0.436 e. The van der Waals surface area contributed by atoms with Gasteiger partial charge < -0.3 is 5.32 Å². The molecule has 1 heterocycles. The predicted molar refractivity (Wildman–Crippen MR) is 88.6 cm³/mol. The number of hydrogen-bond acceptors (Lipinski definition) is 2. The van der Waals surface area contributed by atoms with Gasteiger partial charge in [0.15, 0.2) is 5.69 Å². The SMILES string of the molecule is CC(C(=O)NC1CCCCCC1)n1nc(C(F)(F)F)c(Cl)c1C1CC1. The molecule has 1 atom stereocenters. The molecular weight excluding hydrogens is 355 g/mol. The minimum Gasteiger partial charge on any atom is -0.352 e. The molecule has 3 rings (SSSR count). The highest BCUT2D eigenvalue weighted by Gasteiger charge is 2.43. The second kappa shape index (κ2) is 7.17. The second-order valence-corrected chi connectivity index (χ2v) is 7.52. The number of halogens is 4. The van der Waals surface area contributed by atoms with Crippen molar-refractivity contribution in [3.8, 4) is 0 Å². The lowest BCUT2D eigenvalue weighted by Gasteiger charge is -2.21. The van der Waals surface area contributed by atoms with Gasteiger partial charge in [-0.1, -0.05) is 37.3 Å². The van der Waals surface area contributed by atoms with Crippen LogP contribution in [0.4, 0.5) is 13.2 Å². The molecule has 4 nitrogen and oxygen atoms in total. The van der Waals surface area contributed by atoms with E-state index in [0.717, 1.165) is 51.4 Å². The third kappa shape index (κ3) is 4.13. The zero-order valence-corrected chi connectivity index (χ0v) is 15.0. The number of nitrogens with one attached hydrogen (secondary N) is 1. The lowest BCUT2D eigenvalue weighted by molar-refractivity contribution is -0.141. The number of nitrogens with zero attached hydrogens (tertiary/aromatic N) is 2. The highest BCUT2D eigenvalue weighted by atomic mass is 35.5. The number of aromatic nitrogens is 2. The summed E-state index contributed by atoms with van der Waals surface area (Å²) in [6.45, 7) is 1.58. The van der Waals surface area contributed by atoms with Crippen molar-refractivity contribution < 1.29 is 18.0 Å². The van der Waals surface area contributed by atoms with Crippen LogP contribution in [0.15, 0.2) is 0 Å². The number of carbonyl (C=O) groups excluding carboxylic acids is 1. The first-order valence-corrected chi connectivity index (χ1v) is 9.32. The highest BCUT2D eigenvalue weighted by molar-refractivity contribution is 6.32. The monoisotopic (exact) mass is 377 g/mol. The van der Waals surface area contributed by atoms with Crippen LogP contribution in [0.3, 0.4) is 0 Å². The van der Waals surface area contributed by atoms with Crippen LogP contribution < -0.4 is 5.32 Å². The molecule has 0 radical (unpaired) electrons. The van der Waals surface area contributed by atoms with Crippen LogP contribution in [0.25, 0.3) is 0 Å². The van der Waals surface area contributed by atoms with Gasteiger partial charge in [-0.25, -0.2) is 0 Å². The Labute approximate surface area is 150 Å². The summed E-state index contributed by atoms with van der Waals surface area (Å²) in [5.74, 6) is -0.328. The van der Waals surface area contributed by atoms with E-state index in [1.165, 1.54) is 4.68 Å². The van der Waals surface area contributed by atoms with E-state index in [1.54, 1.807) is 6.92 Å². The zero-order chi connectivity index (χ0) is 18.2. The van der Waals surface area contributed by atoms with Gasteiger partial charge in [-0.05, 0) is 32.6 Å². The molecule has 2 aliphatic rings. The average molecular weight is 378 g/mol. The van der Waals surface area contributed by atoms with E-state index in [1.807, 2.05) is 0 Å². The number of hydrogen-bond donors (Lipinski definition) is 1. The Kier molecular flexibility index (Phi) is 5.32. The Bertz CT molecular complexity index is 632. The van der Waals surface area contributed by atoms with Gasteiger partial charge in [-0.3, -0.25) is 9.48 Å². The Morgan fingerprint density at radius 1 is 1.20 bits per heavy atom. The smallest absolute Gasteiger partial charge is 0.352 e. The largest absolute Gasteiger partial charge is 0.436 e. The molecule has 0 bridgehead atoms. The molecule has 2 saturated carbocycles. The van der Waals surface area contributed by atoms with Gasteiger partial charge >= 0.3 is 6.18 Å². The summed E-state index contributed by atoms with van der Waals surface area (Å²) >= 11 is 5.98. The maximum atomic E-state index is 13.1. The minimum atomic E-state index is -4.62. The minimum absolute atomic E-state index is 0.0377. The van der Waals surface area contributed by atoms with Crippen LogP contribution in [-0.2, 0) is 11.0 Å². The van der Waals surface area contributed by atoms with Gasteiger partial charge in [0.1, 0.15) is 6.04 Å². The molecule has 2 aliphatic carbocycles. The summed E-state index contributed by atoms with van der Waals surface area (Å²) in [6.07, 6.45) is 3.23. The Morgan fingerprint density at radius 2 is 1.80 bits per heavy atom. The molecular formula is C17H23ClF3N3O. The van der Waals surface area contributed by atoms with Crippen molar-refractivity contribution in [2.45, 2.75) is 82.5 Å². The number of alkyl halides is 3. The summed E-state index contributed by atoms with van der Waals surface area (Å²) in [5, 5.41) is 6.30. The summed E-state index contributed by atoms with van der Waals surface area (Å²) in [6, 6.07) is -0.720. The van der Waals surface area contributed by atoms with Crippen LogP contribution in [0.2, 0.25) is 5.02 Å². The standard InChI is InChI=1S/C17H23ClF3N3O/c1-10(16(25)22-12-6-4-2-3-5-7-12)24-14(11-8-9-11)13(18)15(23-24)17(19,20)21/h10-12H,2-9H2,1H3,(H,22,25). The van der Waals surface area contributed by atoms with Crippen molar-refractivity contribution in [1.82, 2.24) is 15.1 Å². The quantitative estimate of drug-likeness (QED) is 0.764. The van der Waals surface area contributed by atoms with Crippen LogP contribution in [0.1, 0.15) is 81.6 Å². The number of carbonyl (C=O) groups is 1. The van der Waals surface area contributed by atoms with Gasteiger partial charge in [0, 0.05) is 12.0 Å². The van der Waals surface area contributed by atoms with Crippen LogP contribution in [0, 0.1) is 0 Å². The summed E-state index contributed by atoms with van der Waals surface area (Å²) < 4.78 is 40.6. The van der Waals surface area contributed by atoms with Crippen LogP contribution in [-0.4, -0.2) is 21.7 Å². The Hall–Kier alpha value is -1.24.